The van der Waals surface area contributed by atoms with E-state index in [-0.39, 0.29) is 5.91 Å². The molecule has 0 aliphatic heterocycles. The van der Waals surface area contributed by atoms with Gasteiger partial charge in [-0.2, -0.15) is 0 Å². The van der Waals surface area contributed by atoms with E-state index >= 15 is 0 Å². The zero-order chi connectivity index (χ0) is 12.0. The number of nitrogens with one attached hydrogen (secondary N) is 1. The minimum absolute atomic E-state index is 0.238. The Labute approximate surface area is 104 Å². The van der Waals surface area contributed by atoms with Gasteiger partial charge in [-0.1, -0.05) is 0 Å². The zero-order valence-electron chi connectivity index (χ0n) is 9.29. The summed E-state index contributed by atoms with van der Waals surface area (Å²) in [5.74, 6) is 0.623. The van der Waals surface area contributed by atoms with Crippen LogP contribution in [0.4, 0.5) is 5.82 Å². The van der Waals surface area contributed by atoms with Crippen LogP contribution in [-0.2, 0) is 4.79 Å². The van der Waals surface area contributed by atoms with E-state index in [9.17, 15) is 4.79 Å². The molecule has 0 aliphatic rings. The number of hydrogen-bond donors (Lipinski definition) is 2. The van der Waals surface area contributed by atoms with Crippen molar-refractivity contribution in [3.05, 3.63) is 22.3 Å². The Kier molecular flexibility index (Phi) is 5.25. The fourth-order valence-electron chi connectivity index (χ4n) is 1.28. The van der Waals surface area contributed by atoms with Gasteiger partial charge in [0.25, 0.3) is 0 Å². The molecule has 0 saturated heterocycles. The van der Waals surface area contributed by atoms with Crippen molar-refractivity contribution in [3.8, 4) is 0 Å². The van der Waals surface area contributed by atoms with Gasteiger partial charge in [-0.05, 0) is 47.3 Å². The predicted octanol–water partition coefficient (Wildman–Crippen LogP) is 2.22. The molecular weight excluding hydrogens is 270 g/mol. The van der Waals surface area contributed by atoms with Crippen molar-refractivity contribution in [2.75, 3.05) is 11.9 Å². The number of unbranched alkanes of at least 4 members (excludes halogenated alkanes) is 1. The van der Waals surface area contributed by atoms with Crippen molar-refractivity contribution in [2.45, 2.75) is 26.2 Å². The Hall–Kier alpha value is -1.10. The number of rotatable bonds is 6. The van der Waals surface area contributed by atoms with Crippen LogP contribution in [-0.4, -0.2) is 17.4 Å². The Morgan fingerprint density at radius 2 is 2.31 bits per heavy atom. The molecular formula is C11H16BrN3O. The SMILES string of the molecule is Cc1cc(NCCCCC(N)=O)ncc1Br. The first kappa shape index (κ1) is 13.0. The molecule has 0 saturated carbocycles. The van der Waals surface area contributed by atoms with Gasteiger partial charge in [-0.15, -0.1) is 0 Å². The second-order valence-corrected chi connectivity index (χ2v) is 4.52. The van der Waals surface area contributed by atoms with Crippen molar-refractivity contribution in [1.29, 1.82) is 0 Å². The lowest BCUT2D eigenvalue weighted by atomic mass is 10.2. The summed E-state index contributed by atoms with van der Waals surface area (Å²) < 4.78 is 1.01. The second-order valence-electron chi connectivity index (χ2n) is 3.67. The largest absolute Gasteiger partial charge is 0.370 e. The summed E-state index contributed by atoms with van der Waals surface area (Å²) in [7, 11) is 0. The maximum Gasteiger partial charge on any atom is 0.217 e. The molecule has 0 radical (unpaired) electrons. The predicted molar refractivity (Wildman–Crippen MR) is 68.2 cm³/mol. The van der Waals surface area contributed by atoms with Gasteiger partial charge in [-0.25, -0.2) is 4.98 Å². The van der Waals surface area contributed by atoms with Gasteiger partial charge in [0, 0.05) is 23.6 Å². The average Bonchev–Trinajstić information content (AvgIpc) is 2.22. The highest BCUT2D eigenvalue weighted by Crippen LogP contribution is 2.17. The number of halogens is 1. The van der Waals surface area contributed by atoms with E-state index in [1.807, 2.05) is 13.0 Å². The number of hydrogen-bond acceptors (Lipinski definition) is 3. The highest BCUT2D eigenvalue weighted by Gasteiger charge is 1.98. The third kappa shape index (κ3) is 4.61. The fourth-order valence-corrected chi connectivity index (χ4v) is 1.49. The number of carbonyl (C=O) groups is 1. The number of nitrogens with two attached hydrogens (primary N) is 1. The van der Waals surface area contributed by atoms with Crippen LogP contribution >= 0.6 is 15.9 Å². The van der Waals surface area contributed by atoms with Crippen LogP contribution in [0.25, 0.3) is 0 Å². The maximum absolute atomic E-state index is 10.5. The van der Waals surface area contributed by atoms with Crippen LogP contribution in [0.2, 0.25) is 0 Å². The molecule has 1 amide bonds. The van der Waals surface area contributed by atoms with E-state index in [1.165, 1.54) is 0 Å². The first-order valence-corrected chi connectivity index (χ1v) is 6.03. The number of primary amides is 1. The lowest BCUT2D eigenvalue weighted by Crippen LogP contribution is -2.11. The molecule has 1 aromatic heterocycles. The van der Waals surface area contributed by atoms with Crippen LogP contribution < -0.4 is 11.1 Å². The van der Waals surface area contributed by atoms with E-state index in [2.05, 4.69) is 26.2 Å². The number of aromatic nitrogens is 1. The quantitative estimate of drug-likeness (QED) is 0.788. The molecule has 0 aliphatic carbocycles. The summed E-state index contributed by atoms with van der Waals surface area (Å²) in [6.07, 6.45) is 3.97. The van der Waals surface area contributed by atoms with E-state index < -0.39 is 0 Å². The Morgan fingerprint density at radius 1 is 1.56 bits per heavy atom. The van der Waals surface area contributed by atoms with Crippen LogP contribution in [0, 0.1) is 6.92 Å². The number of carbonyl (C=O) groups excluding carboxylic acids is 1. The maximum atomic E-state index is 10.5. The lowest BCUT2D eigenvalue weighted by molar-refractivity contribution is -0.118. The summed E-state index contributed by atoms with van der Waals surface area (Å²) in [4.78, 5) is 14.7. The van der Waals surface area contributed by atoms with Gasteiger partial charge in [0.2, 0.25) is 5.91 Å². The Bertz CT molecular complexity index is 368. The van der Waals surface area contributed by atoms with Gasteiger partial charge in [0.05, 0.1) is 0 Å². The van der Waals surface area contributed by atoms with Crippen LogP contribution in [0.5, 0.6) is 0 Å². The molecule has 4 nitrogen and oxygen atoms in total. The number of pyridine rings is 1. The summed E-state index contributed by atoms with van der Waals surface area (Å²) in [5.41, 5.74) is 6.19. The van der Waals surface area contributed by atoms with E-state index in [4.69, 9.17) is 5.73 Å². The van der Waals surface area contributed by atoms with E-state index in [0.717, 1.165) is 35.2 Å². The number of anilines is 1. The van der Waals surface area contributed by atoms with Crippen LogP contribution in [0.15, 0.2) is 16.7 Å². The van der Waals surface area contributed by atoms with Gasteiger partial charge >= 0.3 is 0 Å². The monoisotopic (exact) mass is 285 g/mol. The third-order valence-corrected chi connectivity index (χ3v) is 3.03. The highest BCUT2D eigenvalue weighted by atomic mass is 79.9. The topological polar surface area (TPSA) is 68.0 Å². The summed E-state index contributed by atoms with van der Waals surface area (Å²) >= 11 is 3.40. The molecule has 0 atom stereocenters. The van der Waals surface area contributed by atoms with Crippen molar-refractivity contribution in [3.63, 3.8) is 0 Å². The first-order valence-electron chi connectivity index (χ1n) is 5.24. The standard InChI is InChI=1S/C11H16BrN3O/c1-8-6-11(15-7-9(8)12)14-5-3-2-4-10(13)16/h6-7H,2-5H2,1H3,(H2,13,16)(H,14,15). The Balaban J connectivity index is 2.27. The normalized spacial score (nSPS) is 10.1. The average molecular weight is 286 g/mol. The molecule has 88 valence electrons. The summed E-state index contributed by atoms with van der Waals surface area (Å²) in [6.45, 7) is 2.82. The minimum atomic E-state index is -0.238. The van der Waals surface area contributed by atoms with Gasteiger partial charge in [0.15, 0.2) is 0 Å². The van der Waals surface area contributed by atoms with Crippen LogP contribution in [0.1, 0.15) is 24.8 Å². The molecule has 1 rings (SSSR count). The zero-order valence-corrected chi connectivity index (χ0v) is 10.9. The smallest absolute Gasteiger partial charge is 0.217 e. The molecule has 5 heteroatoms. The van der Waals surface area contributed by atoms with Crippen molar-refractivity contribution < 1.29 is 4.79 Å². The highest BCUT2D eigenvalue weighted by molar-refractivity contribution is 9.10. The second kappa shape index (κ2) is 6.48. The van der Waals surface area contributed by atoms with E-state index in [1.54, 1.807) is 6.20 Å². The molecule has 0 unspecified atom stereocenters. The van der Waals surface area contributed by atoms with Gasteiger partial charge in [-0.3, -0.25) is 4.79 Å². The molecule has 16 heavy (non-hydrogen) atoms. The molecule has 0 bridgehead atoms. The van der Waals surface area contributed by atoms with Crippen molar-refractivity contribution >= 4 is 27.7 Å². The first-order chi connectivity index (χ1) is 7.59. The number of nitrogens with zero attached hydrogens (tertiary/aromatic N) is 1. The fraction of sp³-hybridized carbons (Fsp3) is 0.455. The van der Waals surface area contributed by atoms with Crippen molar-refractivity contribution in [2.24, 2.45) is 5.73 Å². The molecule has 0 aromatic carbocycles. The molecule has 0 spiro atoms. The minimum Gasteiger partial charge on any atom is -0.370 e. The van der Waals surface area contributed by atoms with Gasteiger partial charge in [0.1, 0.15) is 5.82 Å². The lowest BCUT2D eigenvalue weighted by Gasteiger charge is -2.06. The summed E-state index contributed by atoms with van der Waals surface area (Å²) in [6, 6.07) is 1.98. The molecule has 1 heterocycles. The summed E-state index contributed by atoms with van der Waals surface area (Å²) in [5, 5.41) is 3.20. The molecule has 1 aromatic rings. The van der Waals surface area contributed by atoms with E-state index in [0.29, 0.717) is 6.42 Å². The molecule has 3 N–H and O–H groups in total. The van der Waals surface area contributed by atoms with Crippen LogP contribution in [0.3, 0.4) is 0 Å². The third-order valence-electron chi connectivity index (χ3n) is 2.20. The van der Waals surface area contributed by atoms with Gasteiger partial charge < -0.3 is 11.1 Å². The number of amides is 1. The Morgan fingerprint density at radius 3 is 2.94 bits per heavy atom. The number of aryl methyl sites for hydroxylation is 1. The van der Waals surface area contributed by atoms with Crippen molar-refractivity contribution in [1.82, 2.24) is 4.98 Å². The molecule has 0 fully saturated rings.